The molecule has 2 nitrogen and oxygen atoms in total. The quantitative estimate of drug-likeness (QED) is 0.367. The summed E-state index contributed by atoms with van der Waals surface area (Å²) in [6, 6.07) is 0. The number of carbonyl (C=O) groups is 1. The van der Waals surface area contributed by atoms with E-state index in [1.54, 1.807) is 13.8 Å². The number of ether oxygens (including phenoxy) is 1. The Labute approximate surface area is 73.9 Å². The third kappa shape index (κ3) is 2.91. The molecule has 0 amide bonds. The molecule has 0 unspecified atom stereocenters. The van der Waals surface area contributed by atoms with Crippen LogP contribution in [0.4, 0.5) is 0 Å². The lowest BCUT2D eigenvalue weighted by molar-refractivity contribution is -0.138. The highest BCUT2D eigenvalue weighted by Gasteiger charge is 2.11. The molecule has 2 heteroatoms. The van der Waals surface area contributed by atoms with Crippen LogP contribution in [0.5, 0.6) is 0 Å². The van der Waals surface area contributed by atoms with Gasteiger partial charge in [-0.1, -0.05) is 12.2 Å². The monoisotopic (exact) mass is 168 g/mol. The normalized spacial score (nSPS) is 9.00. The zero-order valence-electron chi connectivity index (χ0n) is 8.23. The molecule has 0 aromatic rings. The molecule has 0 saturated heterocycles. The molecule has 12 heavy (non-hydrogen) atoms. The highest BCUT2D eigenvalue weighted by molar-refractivity contribution is 5.93. The fourth-order valence-electron chi connectivity index (χ4n) is 1.01. The Bertz CT molecular complexity index is 220. The third-order valence-electron chi connectivity index (χ3n) is 1.41. The average molecular weight is 168 g/mol. The van der Waals surface area contributed by atoms with Gasteiger partial charge in [0.1, 0.15) is 0 Å². The van der Waals surface area contributed by atoms with E-state index < -0.39 is 0 Å². The molecule has 0 rings (SSSR count). The van der Waals surface area contributed by atoms with Crippen molar-refractivity contribution in [2.75, 3.05) is 6.61 Å². The number of carbonyl (C=O) groups excluding carboxylic acids is 1. The second-order valence-electron chi connectivity index (χ2n) is 2.88. The molecule has 0 heterocycles. The van der Waals surface area contributed by atoms with Crippen LogP contribution in [0.3, 0.4) is 0 Å². The molecule has 0 spiro atoms. The zero-order chi connectivity index (χ0) is 9.72. The minimum Gasteiger partial charge on any atom is -0.462 e. The molecule has 0 fully saturated rings. The van der Waals surface area contributed by atoms with Crippen LogP contribution in [0.15, 0.2) is 23.3 Å². The lowest BCUT2D eigenvalue weighted by Gasteiger charge is -2.07. The Morgan fingerprint density at radius 1 is 1.33 bits per heavy atom. The van der Waals surface area contributed by atoms with Gasteiger partial charge in [0.2, 0.25) is 0 Å². The van der Waals surface area contributed by atoms with E-state index in [-0.39, 0.29) is 5.97 Å². The fourth-order valence-corrected chi connectivity index (χ4v) is 1.01. The summed E-state index contributed by atoms with van der Waals surface area (Å²) in [6.45, 7) is 11.5. The van der Waals surface area contributed by atoms with Gasteiger partial charge in [0.05, 0.1) is 12.2 Å². The van der Waals surface area contributed by atoms with E-state index in [1.807, 2.05) is 13.8 Å². The third-order valence-corrected chi connectivity index (χ3v) is 1.41. The van der Waals surface area contributed by atoms with Gasteiger partial charge >= 0.3 is 5.97 Å². The first-order chi connectivity index (χ1) is 5.50. The topological polar surface area (TPSA) is 26.3 Å². The molecule has 0 radical (unpaired) electrons. The molecule has 0 aromatic carbocycles. The van der Waals surface area contributed by atoms with Crippen molar-refractivity contribution in [3.8, 4) is 0 Å². The van der Waals surface area contributed by atoms with Crippen molar-refractivity contribution in [2.24, 2.45) is 0 Å². The van der Waals surface area contributed by atoms with E-state index in [0.717, 1.165) is 11.1 Å². The maximum absolute atomic E-state index is 11.3. The lowest BCUT2D eigenvalue weighted by Crippen LogP contribution is -2.09. The summed E-state index contributed by atoms with van der Waals surface area (Å²) in [4.78, 5) is 11.3. The SMILES string of the molecule is C=C(C)C(C(=O)OCC)=C(C)C. The maximum Gasteiger partial charge on any atom is 0.338 e. The Morgan fingerprint density at radius 3 is 2.08 bits per heavy atom. The second-order valence-corrected chi connectivity index (χ2v) is 2.88. The highest BCUT2D eigenvalue weighted by Crippen LogP contribution is 2.13. The number of esters is 1. The van der Waals surface area contributed by atoms with E-state index in [0.29, 0.717) is 12.2 Å². The van der Waals surface area contributed by atoms with Crippen molar-refractivity contribution in [3.05, 3.63) is 23.3 Å². The summed E-state index contributed by atoms with van der Waals surface area (Å²) in [7, 11) is 0. The first-order valence-electron chi connectivity index (χ1n) is 4.01. The number of hydrogen-bond donors (Lipinski definition) is 0. The van der Waals surface area contributed by atoms with E-state index in [1.165, 1.54) is 0 Å². The van der Waals surface area contributed by atoms with Crippen LogP contribution >= 0.6 is 0 Å². The smallest absolute Gasteiger partial charge is 0.338 e. The van der Waals surface area contributed by atoms with Gasteiger partial charge in [-0.25, -0.2) is 4.79 Å². The van der Waals surface area contributed by atoms with Gasteiger partial charge in [-0.05, 0) is 33.3 Å². The summed E-state index contributed by atoms with van der Waals surface area (Å²) in [5, 5.41) is 0. The van der Waals surface area contributed by atoms with Crippen molar-refractivity contribution in [1.29, 1.82) is 0 Å². The average Bonchev–Trinajstić information content (AvgIpc) is 1.85. The molecule has 0 aliphatic carbocycles. The van der Waals surface area contributed by atoms with Crippen molar-refractivity contribution in [2.45, 2.75) is 27.7 Å². The van der Waals surface area contributed by atoms with E-state index in [4.69, 9.17) is 4.74 Å². The van der Waals surface area contributed by atoms with Gasteiger partial charge in [0.25, 0.3) is 0 Å². The van der Waals surface area contributed by atoms with Crippen molar-refractivity contribution in [1.82, 2.24) is 0 Å². The van der Waals surface area contributed by atoms with Gasteiger partial charge in [-0.15, -0.1) is 0 Å². The van der Waals surface area contributed by atoms with Crippen molar-refractivity contribution < 1.29 is 9.53 Å². The predicted octanol–water partition coefficient (Wildman–Crippen LogP) is 2.46. The molecule has 0 bridgehead atoms. The molecule has 0 saturated carbocycles. The number of rotatable bonds is 3. The molecule has 0 aromatic heterocycles. The molecule has 0 atom stereocenters. The highest BCUT2D eigenvalue weighted by atomic mass is 16.5. The molecule has 0 aliphatic rings. The van der Waals surface area contributed by atoms with Crippen LogP contribution in [-0.2, 0) is 9.53 Å². The summed E-state index contributed by atoms with van der Waals surface area (Å²) >= 11 is 0. The van der Waals surface area contributed by atoms with Gasteiger partial charge in [-0.3, -0.25) is 0 Å². The van der Waals surface area contributed by atoms with E-state index in [9.17, 15) is 4.79 Å². The minimum atomic E-state index is -0.273. The Hall–Kier alpha value is -1.05. The van der Waals surface area contributed by atoms with Crippen LogP contribution in [-0.4, -0.2) is 12.6 Å². The molecule has 68 valence electrons. The molecular weight excluding hydrogens is 152 g/mol. The van der Waals surface area contributed by atoms with Gasteiger partial charge in [-0.2, -0.15) is 0 Å². The Balaban J connectivity index is 4.67. The van der Waals surface area contributed by atoms with Crippen molar-refractivity contribution in [3.63, 3.8) is 0 Å². The zero-order valence-corrected chi connectivity index (χ0v) is 8.23. The van der Waals surface area contributed by atoms with Crippen molar-refractivity contribution >= 4 is 5.97 Å². The van der Waals surface area contributed by atoms with Gasteiger partial charge in [0.15, 0.2) is 0 Å². The second kappa shape index (κ2) is 4.75. The minimum absolute atomic E-state index is 0.273. The standard InChI is InChI=1S/C10H16O2/c1-6-12-10(11)9(7(2)3)8(4)5/h2,6H2,1,3-5H3. The summed E-state index contributed by atoms with van der Waals surface area (Å²) in [6.07, 6.45) is 0. The molecule has 0 aliphatic heterocycles. The number of allylic oxidation sites excluding steroid dienone is 1. The summed E-state index contributed by atoms with van der Waals surface area (Å²) in [5.41, 5.74) is 2.31. The van der Waals surface area contributed by atoms with Crippen LogP contribution in [0.2, 0.25) is 0 Å². The van der Waals surface area contributed by atoms with E-state index >= 15 is 0 Å². The van der Waals surface area contributed by atoms with Gasteiger partial charge < -0.3 is 4.74 Å². The largest absolute Gasteiger partial charge is 0.462 e. The van der Waals surface area contributed by atoms with Crippen LogP contribution < -0.4 is 0 Å². The van der Waals surface area contributed by atoms with Crippen LogP contribution in [0.25, 0.3) is 0 Å². The molecule has 0 N–H and O–H groups in total. The fraction of sp³-hybridized carbons (Fsp3) is 0.500. The number of hydrogen-bond acceptors (Lipinski definition) is 2. The lowest BCUT2D eigenvalue weighted by atomic mass is 10.1. The van der Waals surface area contributed by atoms with Gasteiger partial charge in [0, 0.05) is 0 Å². The van der Waals surface area contributed by atoms with Crippen LogP contribution in [0, 0.1) is 0 Å². The maximum atomic E-state index is 11.3. The van der Waals surface area contributed by atoms with E-state index in [2.05, 4.69) is 6.58 Å². The summed E-state index contributed by atoms with van der Waals surface area (Å²) in [5.74, 6) is -0.273. The molecular formula is C10H16O2. The van der Waals surface area contributed by atoms with Crippen LogP contribution in [0.1, 0.15) is 27.7 Å². The Kier molecular flexibility index (Phi) is 4.34. The first kappa shape index (κ1) is 11.0. The first-order valence-corrected chi connectivity index (χ1v) is 4.01. The Morgan fingerprint density at radius 2 is 1.83 bits per heavy atom. The predicted molar refractivity (Wildman–Crippen MR) is 49.8 cm³/mol. The summed E-state index contributed by atoms with van der Waals surface area (Å²) < 4.78 is 4.87.